The van der Waals surface area contributed by atoms with E-state index in [1.54, 1.807) is 31.4 Å². The van der Waals surface area contributed by atoms with Crippen molar-refractivity contribution in [3.8, 4) is 11.8 Å². The third kappa shape index (κ3) is 2.16. The second kappa shape index (κ2) is 4.42. The molecule has 0 bridgehead atoms. The van der Waals surface area contributed by atoms with Crippen LogP contribution in [0.2, 0.25) is 0 Å². The van der Waals surface area contributed by atoms with Gasteiger partial charge in [-0.1, -0.05) is 0 Å². The molecule has 0 unspecified atom stereocenters. The normalized spacial score (nSPS) is 8.31. The number of ether oxygens (including phenoxy) is 1. The summed E-state index contributed by atoms with van der Waals surface area (Å²) in [6.07, 6.45) is 0. The minimum absolute atomic E-state index is 0.373. The van der Waals surface area contributed by atoms with E-state index in [0.717, 1.165) is 11.3 Å². The van der Waals surface area contributed by atoms with Crippen LogP contribution in [0.15, 0.2) is 24.3 Å². The quantitative estimate of drug-likeness (QED) is 0.528. The van der Waals surface area contributed by atoms with Crippen LogP contribution in [0.1, 0.15) is 5.56 Å². The number of thiocarbonyl (C=S) groups is 1. The van der Waals surface area contributed by atoms with Gasteiger partial charge in [-0.05, 0) is 41.5 Å². The van der Waals surface area contributed by atoms with Gasteiger partial charge >= 0.3 is 0 Å². The van der Waals surface area contributed by atoms with Crippen LogP contribution in [0.25, 0.3) is 5.57 Å². The summed E-state index contributed by atoms with van der Waals surface area (Å²) in [6, 6.07) is 9.07. The maximum absolute atomic E-state index is 8.66. The number of methoxy groups -OCH3 is 1. The van der Waals surface area contributed by atoms with Crippen LogP contribution in [-0.4, -0.2) is 12.1 Å². The minimum Gasteiger partial charge on any atom is -0.497 e. The Bertz CT molecular complexity index is 382. The Morgan fingerprint density at radius 1 is 1.38 bits per heavy atom. The Morgan fingerprint density at radius 2 is 2.00 bits per heavy atom. The number of nitrogens with zero attached hydrogens (tertiary/aromatic N) is 1. The molecule has 0 radical (unpaired) electrons. The molecule has 0 amide bonds. The molecule has 3 heteroatoms. The summed E-state index contributed by atoms with van der Waals surface area (Å²) in [6.45, 7) is 0. The largest absolute Gasteiger partial charge is 0.497 e. The Kier molecular flexibility index (Phi) is 3.22. The Balaban J connectivity index is 3.07. The number of benzene rings is 1. The number of hydrogen-bond acceptors (Lipinski definition) is 3. The third-order valence-electron chi connectivity index (χ3n) is 1.59. The van der Waals surface area contributed by atoms with Crippen LogP contribution >= 0.6 is 12.2 Å². The van der Waals surface area contributed by atoms with Gasteiger partial charge in [0.05, 0.1) is 7.11 Å². The van der Waals surface area contributed by atoms with Crippen molar-refractivity contribution < 1.29 is 4.74 Å². The van der Waals surface area contributed by atoms with Gasteiger partial charge in [-0.3, -0.25) is 0 Å². The monoisotopic (exact) mass is 189 g/mol. The zero-order valence-corrected chi connectivity index (χ0v) is 7.89. The SMILES string of the molecule is COc1ccc(C(=C=S)C#N)cc1. The van der Waals surface area contributed by atoms with E-state index in [1.165, 1.54) is 0 Å². The standard InChI is InChI=1S/C10H7NOS/c1-12-10-4-2-8(3-5-10)9(6-11)7-13/h2-5H,1H3. The molecule has 0 N–H and O–H groups in total. The molecule has 64 valence electrons. The van der Waals surface area contributed by atoms with E-state index in [4.69, 9.17) is 10.00 Å². The summed E-state index contributed by atoms with van der Waals surface area (Å²) >= 11 is 4.58. The Morgan fingerprint density at radius 3 is 2.38 bits per heavy atom. The molecular weight excluding hydrogens is 182 g/mol. The third-order valence-corrected chi connectivity index (χ3v) is 1.80. The van der Waals surface area contributed by atoms with E-state index in [9.17, 15) is 0 Å². The van der Waals surface area contributed by atoms with Crippen LogP contribution in [0, 0.1) is 11.3 Å². The van der Waals surface area contributed by atoms with Crippen molar-refractivity contribution in [2.45, 2.75) is 0 Å². The van der Waals surface area contributed by atoms with Gasteiger partial charge in [0, 0.05) is 5.56 Å². The first-order valence-electron chi connectivity index (χ1n) is 3.61. The Labute approximate surface area is 82.1 Å². The smallest absolute Gasteiger partial charge is 0.118 e. The average molecular weight is 189 g/mol. The van der Waals surface area contributed by atoms with Crippen LogP contribution in [0.5, 0.6) is 5.75 Å². The lowest BCUT2D eigenvalue weighted by atomic mass is 10.1. The fourth-order valence-corrected chi connectivity index (χ4v) is 1.07. The van der Waals surface area contributed by atoms with E-state index in [0.29, 0.717) is 5.57 Å². The average Bonchev–Trinajstić information content (AvgIpc) is 2.21. The highest BCUT2D eigenvalue weighted by Crippen LogP contribution is 2.15. The predicted octanol–water partition coefficient (Wildman–Crippen LogP) is 2.20. The summed E-state index contributed by atoms with van der Waals surface area (Å²) < 4.78 is 4.98. The number of allylic oxidation sites excluding steroid dienone is 1. The van der Waals surface area contributed by atoms with Crippen LogP contribution in [-0.2, 0) is 0 Å². The van der Waals surface area contributed by atoms with Gasteiger partial charge in [0.1, 0.15) is 17.4 Å². The van der Waals surface area contributed by atoms with E-state index >= 15 is 0 Å². The molecule has 0 saturated carbocycles. The molecule has 0 aromatic heterocycles. The molecular formula is C10H7NOS. The van der Waals surface area contributed by atoms with E-state index < -0.39 is 0 Å². The predicted molar refractivity (Wildman–Crippen MR) is 54.6 cm³/mol. The minimum atomic E-state index is 0.373. The first kappa shape index (κ1) is 9.47. The second-order valence-electron chi connectivity index (χ2n) is 2.32. The van der Waals surface area contributed by atoms with Gasteiger partial charge in [0.2, 0.25) is 0 Å². The molecule has 2 nitrogen and oxygen atoms in total. The molecule has 13 heavy (non-hydrogen) atoms. The second-order valence-corrected chi connectivity index (χ2v) is 2.52. The van der Waals surface area contributed by atoms with Gasteiger partial charge in [0.15, 0.2) is 0 Å². The molecule has 1 aromatic rings. The fourth-order valence-electron chi connectivity index (χ4n) is 0.904. The molecule has 1 rings (SSSR count). The molecule has 0 spiro atoms. The fraction of sp³-hybridized carbons (Fsp3) is 0.100. The molecule has 0 fully saturated rings. The van der Waals surface area contributed by atoms with Crippen molar-refractivity contribution in [2.24, 2.45) is 0 Å². The number of rotatable bonds is 2. The molecule has 0 aliphatic rings. The van der Waals surface area contributed by atoms with Gasteiger partial charge in [-0.2, -0.15) is 5.26 Å². The maximum atomic E-state index is 8.66. The Hall–Kier alpha value is -1.62. The first-order chi connectivity index (χ1) is 6.31. The van der Waals surface area contributed by atoms with Gasteiger partial charge in [-0.15, -0.1) is 0 Å². The first-order valence-corrected chi connectivity index (χ1v) is 4.02. The van der Waals surface area contributed by atoms with Crippen LogP contribution in [0.4, 0.5) is 0 Å². The van der Waals surface area contributed by atoms with Crippen molar-refractivity contribution in [3.05, 3.63) is 29.8 Å². The summed E-state index contributed by atoms with van der Waals surface area (Å²) in [5, 5.41) is 11.1. The zero-order valence-electron chi connectivity index (χ0n) is 7.07. The van der Waals surface area contributed by atoms with Gasteiger partial charge < -0.3 is 4.74 Å². The van der Waals surface area contributed by atoms with Gasteiger partial charge in [-0.25, -0.2) is 0 Å². The van der Waals surface area contributed by atoms with Crippen molar-refractivity contribution in [3.63, 3.8) is 0 Å². The molecule has 0 atom stereocenters. The number of nitriles is 1. The number of hydrogen-bond donors (Lipinski definition) is 0. The van der Waals surface area contributed by atoms with E-state index in [-0.39, 0.29) is 0 Å². The summed E-state index contributed by atoms with van der Waals surface area (Å²) in [5.41, 5.74) is 1.14. The maximum Gasteiger partial charge on any atom is 0.118 e. The zero-order chi connectivity index (χ0) is 9.68. The topological polar surface area (TPSA) is 33.0 Å². The van der Waals surface area contributed by atoms with Crippen LogP contribution in [0.3, 0.4) is 0 Å². The molecule has 0 aliphatic heterocycles. The molecule has 0 aliphatic carbocycles. The van der Waals surface area contributed by atoms with Crippen LogP contribution < -0.4 is 4.74 Å². The molecule has 0 heterocycles. The van der Waals surface area contributed by atoms with Crippen molar-refractivity contribution >= 4 is 22.8 Å². The summed E-state index contributed by atoms with van der Waals surface area (Å²) in [4.78, 5) is 0. The highest BCUT2D eigenvalue weighted by molar-refractivity contribution is 7.78. The summed E-state index contributed by atoms with van der Waals surface area (Å²) in [5.74, 6) is 0.755. The molecule has 0 saturated heterocycles. The molecule has 1 aromatic carbocycles. The lowest BCUT2D eigenvalue weighted by molar-refractivity contribution is 0.415. The lowest BCUT2D eigenvalue weighted by Crippen LogP contribution is -1.84. The van der Waals surface area contributed by atoms with Crippen molar-refractivity contribution in [1.82, 2.24) is 0 Å². The van der Waals surface area contributed by atoms with Crippen molar-refractivity contribution in [2.75, 3.05) is 7.11 Å². The highest BCUT2D eigenvalue weighted by atomic mass is 32.1. The van der Waals surface area contributed by atoms with Gasteiger partial charge in [0.25, 0.3) is 0 Å². The van der Waals surface area contributed by atoms with E-state index in [2.05, 4.69) is 17.2 Å². The van der Waals surface area contributed by atoms with Crippen molar-refractivity contribution in [1.29, 1.82) is 5.26 Å². The lowest BCUT2D eigenvalue weighted by Gasteiger charge is -1.99. The van der Waals surface area contributed by atoms with E-state index in [1.807, 2.05) is 6.07 Å². The summed E-state index contributed by atoms with van der Waals surface area (Å²) in [7, 11) is 1.59. The highest BCUT2D eigenvalue weighted by Gasteiger charge is 1.99.